The Balaban J connectivity index is 2.09. The van der Waals surface area contributed by atoms with Gasteiger partial charge in [-0.15, -0.1) is 0 Å². The van der Waals surface area contributed by atoms with Crippen LogP contribution >= 0.6 is 27.3 Å². The van der Waals surface area contributed by atoms with Crippen molar-refractivity contribution < 1.29 is 0 Å². The van der Waals surface area contributed by atoms with Gasteiger partial charge < -0.3 is 5.32 Å². The van der Waals surface area contributed by atoms with Crippen molar-refractivity contribution in [3.8, 4) is 11.4 Å². The molecule has 0 bridgehead atoms. The lowest BCUT2D eigenvalue weighted by atomic mass is 10.0. The predicted octanol–water partition coefficient (Wildman–Crippen LogP) is 4.67. The largest absolute Gasteiger partial charge is 0.372 e. The molecular formula is C14H16BrN3S. The summed E-state index contributed by atoms with van der Waals surface area (Å²) in [7, 11) is 1.91. The van der Waals surface area contributed by atoms with Crippen LogP contribution < -0.4 is 5.32 Å². The summed E-state index contributed by atoms with van der Waals surface area (Å²) in [5.41, 5.74) is 2.27. The molecule has 2 heterocycles. The first-order chi connectivity index (χ1) is 9.29. The summed E-state index contributed by atoms with van der Waals surface area (Å²) in [6, 6.07) is 2.08. The second kappa shape index (κ2) is 5.59. The average Bonchev–Trinajstić information content (AvgIpc) is 3.12. The van der Waals surface area contributed by atoms with E-state index >= 15 is 0 Å². The molecule has 0 radical (unpaired) electrons. The molecule has 0 aromatic carbocycles. The van der Waals surface area contributed by atoms with E-state index in [1.807, 2.05) is 7.05 Å². The maximum atomic E-state index is 4.81. The van der Waals surface area contributed by atoms with Crippen molar-refractivity contribution in [2.45, 2.75) is 31.6 Å². The molecule has 0 aliphatic heterocycles. The van der Waals surface area contributed by atoms with E-state index in [4.69, 9.17) is 4.98 Å². The maximum Gasteiger partial charge on any atom is 0.162 e. The SMILES string of the molecule is CNc1nc(-c2ccsc2)nc(C2CCCC2)c1Br. The number of aromatic nitrogens is 2. The van der Waals surface area contributed by atoms with Gasteiger partial charge in [0.25, 0.3) is 0 Å². The Morgan fingerprint density at radius 1 is 1.32 bits per heavy atom. The van der Waals surface area contributed by atoms with Crippen molar-refractivity contribution in [1.82, 2.24) is 9.97 Å². The number of hydrogen-bond donors (Lipinski definition) is 1. The summed E-state index contributed by atoms with van der Waals surface area (Å²) in [4.78, 5) is 9.42. The highest BCUT2D eigenvalue weighted by molar-refractivity contribution is 9.10. The zero-order valence-electron chi connectivity index (χ0n) is 10.8. The highest BCUT2D eigenvalue weighted by Crippen LogP contribution is 2.39. The summed E-state index contributed by atoms with van der Waals surface area (Å²) in [6.07, 6.45) is 5.09. The van der Waals surface area contributed by atoms with Gasteiger partial charge in [-0.2, -0.15) is 11.3 Å². The van der Waals surface area contributed by atoms with Gasteiger partial charge in [0.1, 0.15) is 5.82 Å². The Morgan fingerprint density at radius 2 is 2.11 bits per heavy atom. The molecule has 1 aliphatic carbocycles. The molecule has 1 N–H and O–H groups in total. The van der Waals surface area contributed by atoms with Gasteiger partial charge in [-0.3, -0.25) is 0 Å². The van der Waals surface area contributed by atoms with Crippen molar-refractivity contribution >= 4 is 33.1 Å². The van der Waals surface area contributed by atoms with Crippen LogP contribution in [0.1, 0.15) is 37.3 Å². The van der Waals surface area contributed by atoms with E-state index in [0.717, 1.165) is 27.4 Å². The van der Waals surface area contributed by atoms with Gasteiger partial charge in [0.05, 0.1) is 10.2 Å². The van der Waals surface area contributed by atoms with Gasteiger partial charge in [-0.05, 0) is 40.2 Å². The Hall–Kier alpha value is -0.940. The molecule has 0 unspecified atom stereocenters. The van der Waals surface area contributed by atoms with Gasteiger partial charge in [-0.1, -0.05) is 12.8 Å². The van der Waals surface area contributed by atoms with E-state index in [1.54, 1.807) is 11.3 Å². The Kier molecular flexibility index (Phi) is 3.84. The summed E-state index contributed by atoms with van der Waals surface area (Å²) in [6.45, 7) is 0. The fourth-order valence-corrected chi connectivity index (χ4v) is 3.95. The van der Waals surface area contributed by atoms with Crippen molar-refractivity contribution in [2.75, 3.05) is 12.4 Å². The van der Waals surface area contributed by atoms with E-state index in [0.29, 0.717) is 5.92 Å². The smallest absolute Gasteiger partial charge is 0.162 e. The minimum atomic E-state index is 0.571. The quantitative estimate of drug-likeness (QED) is 0.884. The van der Waals surface area contributed by atoms with Crippen molar-refractivity contribution in [3.63, 3.8) is 0 Å². The van der Waals surface area contributed by atoms with Crippen molar-refractivity contribution in [2.24, 2.45) is 0 Å². The Bertz CT molecular complexity index is 562. The maximum absolute atomic E-state index is 4.81. The summed E-state index contributed by atoms with van der Waals surface area (Å²) in [5, 5.41) is 7.33. The van der Waals surface area contributed by atoms with Crippen LogP contribution in [0.25, 0.3) is 11.4 Å². The summed E-state index contributed by atoms with van der Waals surface area (Å²) in [5.74, 6) is 2.29. The number of anilines is 1. The third-order valence-corrected chi connectivity index (χ3v) is 5.10. The fourth-order valence-electron chi connectivity index (χ4n) is 2.62. The molecule has 0 spiro atoms. The van der Waals surface area contributed by atoms with E-state index < -0.39 is 0 Å². The third kappa shape index (κ3) is 2.54. The minimum absolute atomic E-state index is 0.571. The summed E-state index contributed by atoms with van der Waals surface area (Å²) >= 11 is 5.34. The van der Waals surface area contributed by atoms with Gasteiger partial charge in [-0.25, -0.2) is 9.97 Å². The molecule has 1 aliphatic rings. The van der Waals surface area contributed by atoms with Crippen LogP contribution in [0, 0.1) is 0 Å². The van der Waals surface area contributed by atoms with Crippen LogP contribution in [0.4, 0.5) is 5.82 Å². The lowest BCUT2D eigenvalue weighted by Crippen LogP contribution is -2.05. The van der Waals surface area contributed by atoms with E-state index in [-0.39, 0.29) is 0 Å². The van der Waals surface area contributed by atoms with Crippen LogP contribution in [-0.2, 0) is 0 Å². The highest BCUT2D eigenvalue weighted by Gasteiger charge is 2.24. The first-order valence-electron chi connectivity index (χ1n) is 6.57. The number of hydrogen-bond acceptors (Lipinski definition) is 4. The highest BCUT2D eigenvalue weighted by atomic mass is 79.9. The molecule has 1 saturated carbocycles. The molecule has 100 valence electrons. The standard InChI is InChI=1S/C14H16BrN3S/c1-16-14-11(15)12(9-4-2-3-5-9)17-13(18-14)10-6-7-19-8-10/h6-9H,2-5H2,1H3,(H,16,17,18). The lowest BCUT2D eigenvalue weighted by molar-refractivity contribution is 0.691. The lowest BCUT2D eigenvalue weighted by Gasteiger charge is -2.15. The van der Waals surface area contributed by atoms with Crippen molar-refractivity contribution in [1.29, 1.82) is 0 Å². The number of nitrogens with one attached hydrogen (secondary N) is 1. The van der Waals surface area contributed by atoms with E-state index in [2.05, 4.69) is 43.1 Å². The second-order valence-electron chi connectivity index (χ2n) is 4.84. The molecule has 1 fully saturated rings. The zero-order chi connectivity index (χ0) is 13.2. The molecule has 19 heavy (non-hydrogen) atoms. The number of thiophene rings is 1. The predicted molar refractivity (Wildman–Crippen MR) is 83.8 cm³/mol. The first-order valence-corrected chi connectivity index (χ1v) is 8.31. The van der Waals surface area contributed by atoms with Crippen LogP contribution in [0.5, 0.6) is 0 Å². The van der Waals surface area contributed by atoms with Crippen LogP contribution in [0.2, 0.25) is 0 Å². The third-order valence-electron chi connectivity index (χ3n) is 3.63. The Morgan fingerprint density at radius 3 is 2.74 bits per heavy atom. The molecular weight excluding hydrogens is 322 g/mol. The van der Waals surface area contributed by atoms with Gasteiger partial charge in [0, 0.05) is 23.9 Å². The number of halogens is 1. The molecule has 5 heteroatoms. The topological polar surface area (TPSA) is 37.8 Å². The second-order valence-corrected chi connectivity index (χ2v) is 6.41. The molecule has 0 amide bonds. The van der Waals surface area contributed by atoms with Gasteiger partial charge >= 0.3 is 0 Å². The molecule has 2 aromatic rings. The molecule has 0 saturated heterocycles. The van der Waals surface area contributed by atoms with E-state index in [9.17, 15) is 0 Å². The van der Waals surface area contributed by atoms with Crippen LogP contribution in [0.3, 0.4) is 0 Å². The van der Waals surface area contributed by atoms with Gasteiger partial charge in [0.15, 0.2) is 5.82 Å². The van der Waals surface area contributed by atoms with Crippen LogP contribution in [0.15, 0.2) is 21.3 Å². The van der Waals surface area contributed by atoms with Crippen LogP contribution in [-0.4, -0.2) is 17.0 Å². The number of rotatable bonds is 3. The van der Waals surface area contributed by atoms with E-state index in [1.165, 1.54) is 25.7 Å². The van der Waals surface area contributed by atoms with Gasteiger partial charge in [0.2, 0.25) is 0 Å². The molecule has 0 atom stereocenters. The van der Waals surface area contributed by atoms with Crippen molar-refractivity contribution in [3.05, 3.63) is 27.0 Å². The Labute approximate surface area is 125 Å². The normalized spacial score (nSPS) is 15.9. The average molecular weight is 338 g/mol. The number of nitrogens with zero attached hydrogens (tertiary/aromatic N) is 2. The first kappa shape index (κ1) is 13.1. The molecule has 2 aromatic heterocycles. The zero-order valence-corrected chi connectivity index (χ0v) is 13.2. The fraction of sp³-hybridized carbons (Fsp3) is 0.429. The molecule has 3 rings (SSSR count). The molecule has 3 nitrogen and oxygen atoms in total. The summed E-state index contributed by atoms with van der Waals surface area (Å²) < 4.78 is 1.03. The monoisotopic (exact) mass is 337 g/mol. The minimum Gasteiger partial charge on any atom is -0.372 e.